The largest absolute Gasteiger partial charge is 0.376 e. The highest BCUT2D eigenvalue weighted by molar-refractivity contribution is 7.80. The Morgan fingerprint density at radius 1 is 1.64 bits per heavy atom. The van der Waals surface area contributed by atoms with Gasteiger partial charge < -0.3 is 15.0 Å². The van der Waals surface area contributed by atoms with Crippen molar-refractivity contribution in [1.29, 1.82) is 0 Å². The van der Waals surface area contributed by atoms with Crippen molar-refractivity contribution >= 4 is 17.3 Å². The summed E-state index contributed by atoms with van der Waals surface area (Å²) in [6.45, 7) is 5.01. The summed E-state index contributed by atoms with van der Waals surface area (Å²) in [4.78, 5) is 2.19. The first-order chi connectivity index (χ1) is 6.77. The molecule has 0 aromatic heterocycles. The van der Waals surface area contributed by atoms with Crippen LogP contribution < -0.4 is 5.32 Å². The summed E-state index contributed by atoms with van der Waals surface area (Å²) in [7, 11) is 1.87. The lowest BCUT2D eigenvalue weighted by atomic mass is 10.1. The zero-order valence-electron chi connectivity index (χ0n) is 9.08. The van der Waals surface area contributed by atoms with Gasteiger partial charge in [-0.2, -0.15) is 0 Å². The molecule has 0 aromatic carbocycles. The lowest BCUT2D eigenvalue weighted by molar-refractivity contribution is 0.0165. The molecule has 1 aliphatic heterocycles. The predicted molar refractivity (Wildman–Crippen MR) is 62.5 cm³/mol. The zero-order valence-corrected chi connectivity index (χ0v) is 9.90. The van der Waals surface area contributed by atoms with Gasteiger partial charge in [0.2, 0.25) is 0 Å². The molecule has 3 nitrogen and oxygen atoms in total. The number of ether oxygens (including phenoxy) is 1. The Bertz CT molecular complexity index is 187. The summed E-state index contributed by atoms with van der Waals surface area (Å²) in [5.74, 6) is 0. The number of hydrogen-bond donors (Lipinski definition) is 1. The van der Waals surface area contributed by atoms with E-state index in [0.717, 1.165) is 31.2 Å². The molecule has 4 heteroatoms. The summed E-state index contributed by atoms with van der Waals surface area (Å²) in [5.41, 5.74) is 0. The van der Waals surface area contributed by atoms with Crippen LogP contribution in [0.2, 0.25) is 0 Å². The van der Waals surface area contributed by atoms with Crippen molar-refractivity contribution in [3.05, 3.63) is 0 Å². The second-order valence-electron chi connectivity index (χ2n) is 3.64. The van der Waals surface area contributed by atoms with Gasteiger partial charge in [0.05, 0.1) is 6.10 Å². The third-order valence-electron chi connectivity index (χ3n) is 2.44. The molecule has 0 spiro atoms. The lowest BCUT2D eigenvalue weighted by Gasteiger charge is -2.34. The monoisotopic (exact) mass is 216 g/mol. The molecule has 1 N–H and O–H groups in total. The Labute approximate surface area is 91.8 Å². The molecule has 1 heterocycles. The Hall–Kier alpha value is -0.350. The summed E-state index contributed by atoms with van der Waals surface area (Å²) in [6.07, 6.45) is 3.81. The maximum Gasteiger partial charge on any atom is 0.168 e. The third-order valence-corrected chi connectivity index (χ3v) is 2.90. The number of nitrogens with zero attached hydrogens (tertiary/aromatic N) is 1. The fraction of sp³-hybridized carbons (Fsp3) is 0.900. The van der Waals surface area contributed by atoms with Crippen molar-refractivity contribution in [3.63, 3.8) is 0 Å². The molecule has 1 fully saturated rings. The SMILES string of the molecule is CCCOC1CCCN(C(=S)NC)C1. The molecule has 1 aliphatic rings. The van der Waals surface area contributed by atoms with Gasteiger partial charge in [-0.3, -0.25) is 0 Å². The highest BCUT2D eigenvalue weighted by Gasteiger charge is 2.21. The second kappa shape index (κ2) is 6.19. The van der Waals surface area contributed by atoms with Crippen LogP contribution in [0.4, 0.5) is 0 Å². The maximum absolute atomic E-state index is 5.73. The number of nitrogens with one attached hydrogen (secondary N) is 1. The fourth-order valence-electron chi connectivity index (χ4n) is 1.70. The van der Waals surface area contributed by atoms with Gasteiger partial charge in [0.25, 0.3) is 0 Å². The standard InChI is InChI=1S/C10H20N2OS/c1-3-7-13-9-5-4-6-12(8-9)10(14)11-2/h9H,3-8H2,1-2H3,(H,11,14). The van der Waals surface area contributed by atoms with Gasteiger partial charge in [0.15, 0.2) is 5.11 Å². The molecule has 14 heavy (non-hydrogen) atoms. The minimum atomic E-state index is 0.370. The van der Waals surface area contributed by atoms with Crippen LogP contribution >= 0.6 is 12.2 Å². The fourth-order valence-corrected chi connectivity index (χ4v) is 1.87. The van der Waals surface area contributed by atoms with E-state index >= 15 is 0 Å². The minimum Gasteiger partial charge on any atom is -0.376 e. The van der Waals surface area contributed by atoms with E-state index in [4.69, 9.17) is 17.0 Å². The number of thiocarbonyl (C=S) groups is 1. The molecular weight excluding hydrogens is 196 g/mol. The van der Waals surface area contributed by atoms with Gasteiger partial charge >= 0.3 is 0 Å². The van der Waals surface area contributed by atoms with Crippen molar-refractivity contribution in [2.75, 3.05) is 26.7 Å². The average Bonchev–Trinajstić information content (AvgIpc) is 2.25. The Kier molecular flexibility index (Phi) is 5.19. The summed E-state index contributed by atoms with van der Waals surface area (Å²) >= 11 is 5.20. The maximum atomic E-state index is 5.73. The Morgan fingerprint density at radius 2 is 2.43 bits per heavy atom. The van der Waals surface area contributed by atoms with Crippen LogP contribution in [0.3, 0.4) is 0 Å². The third kappa shape index (κ3) is 3.42. The van der Waals surface area contributed by atoms with E-state index in [1.807, 2.05) is 7.05 Å². The van der Waals surface area contributed by atoms with Crippen LogP contribution in [0.5, 0.6) is 0 Å². The molecule has 1 rings (SSSR count). The normalized spacial score (nSPS) is 22.1. The van der Waals surface area contributed by atoms with E-state index in [-0.39, 0.29) is 0 Å². The molecule has 0 amide bonds. The average molecular weight is 216 g/mol. The molecule has 1 saturated heterocycles. The molecule has 0 saturated carbocycles. The lowest BCUT2D eigenvalue weighted by Crippen LogP contribution is -2.46. The molecule has 0 radical (unpaired) electrons. The van der Waals surface area contributed by atoms with Crippen LogP contribution in [0, 0.1) is 0 Å². The minimum absolute atomic E-state index is 0.370. The van der Waals surface area contributed by atoms with E-state index < -0.39 is 0 Å². The molecule has 0 aromatic rings. The van der Waals surface area contributed by atoms with Crippen molar-refractivity contribution in [2.24, 2.45) is 0 Å². The second-order valence-corrected chi connectivity index (χ2v) is 4.02. The first kappa shape index (κ1) is 11.7. The molecule has 1 unspecified atom stereocenters. The van der Waals surface area contributed by atoms with Gasteiger partial charge in [-0.25, -0.2) is 0 Å². The Morgan fingerprint density at radius 3 is 3.07 bits per heavy atom. The van der Waals surface area contributed by atoms with Crippen LogP contribution in [0.15, 0.2) is 0 Å². The molecule has 1 atom stereocenters. The Balaban J connectivity index is 2.31. The van der Waals surface area contributed by atoms with Gasteiger partial charge in [-0.05, 0) is 31.5 Å². The predicted octanol–water partition coefficient (Wildman–Crippen LogP) is 1.38. The summed E-state index contributed by atoms with van der Waals surface area (Å²) < 4.78 is 5.73. The van der Waals surface area contributed by atoms with Gasteiger partial charge in [0.1, 0.15) is 0 Å². The van der Waals surface area contributed by atoms with E-state index in [1.54, 1.807) is 0 Å². The zero-order chi connectivity index (χ0) is 10.4. The van der Waals surface area contributed by atoms with E-state index in [1.165, 1.54) is 12.8 Å². The van der Waals surface area contributed by atoms with Crippen molar-refractivity contribution < 1.29 is 4.74 Å². The van der Waals surface area contributed by atoms with Crippen molar-refractivity contribution in [2.45, 2.75) is 32.3 Å². The summed E-state index contributed by atoms with van der Waals surface area (Å²) in [5, 5.41) is 3.86. The number of hydrogen-bond acceptors (Lipinski definition) is 2. The highest BCUT2D eigenvalue weighted by Crippen LogP contribution is 2.13. The molecular formula is C10H20N2OS. The smallest absolute Gasteiger partial charge is 0.168 e. The van der Waals surface area contributed by atoms with Crippen LogP contribution in [0.1, 0.15) is 26.2 Å². The number of likely N-dealkylation sites (tertiary alicyclic amines) is 1. The van der Waals surface area contributed by atoms with E-state index in [2.05, 4.69) is 17.1 Å². The molecule has 82 valence electrons. The van der Waals surface area contributed by atoms with Crippen LogP contribution in [0.25, 0.3) is 0 Å². The van der Waals surface area contributed by atoms with Gasteiger partial charge in [-0.15, -0.1) is 0 Å². The molecule has 0 bridgehead atoms. The van der Waals surface area contributed by atoms with Crippen molar-refractivity contribution in [3.8, 4) is 0 Å². The van der Waals surface area contributed by atoms with Gasteiger partial charge in [-0.1, -0.05) is 6.92 Å². The van der Waals surface area contributed by atoms with Gasteiger partial charge in [0, 0.05) is 26.7 Å². The van der Waals surface area contributed by atoms with E-state index in [0.29, 0.717) is 6.10 Å². The first-order valence-electron chi connectivity index (χ1n) is 5.36. The van der Waals surface area contributed by atoms with E-state index in [9.17, 15) is 0 Å². The first-order valence-corrected chi connectivity index (χ1v) is 5.77. The molecule has 0 aliphatic carbocycles. The quantitative estimate of drug-likeness (QED) is 0.720. The topological polar surface area (TPSA) is 24.5 Å². The van der Waals surface area contributed by atoms with Crippen LogP contribution in [-0.4, -0.2) is 42.9 Å². The number of piperidine rings is 1. The summed E-state index contributed by atoms with van der Waals surface area (Å²) in [6, 6.07) is 0. The highest BCUT2D eigenvalue weighted by atomic mass is 32.1. The van der Waals surface area contributed by atoms with Crippen molar-refractivity contribution in [1.82, 2.24) is 10.2 Å². The van der Waals surface area contributed by atoms with Crippen LogP contribution in [-0.2, 0) is 4.74 Å². The number of rotatable bonds is 3.